The van der Waals surface area contributed by atoms with E-state index < -0.39 is 5.91 Å². The maximum atomic E-state index is 11.2. The van der Waals surface area contributed by atoms with Crippen LogP contribution in [-0.4, -0.2) is 28.9 Å². The Morgan fingerprint density at radius 3 is 2.62 bits per heavy atom. The van der Waals surface area contributed by atoms with E-state index in [1.54, 1.807) is 12.1 Å². The number of pyridine rings is 1. The van der Waals surface area contributed by atoms with Gasteiger partial charge in [0, 0.05) is 25.4 Å². The minimum atomic E-state index is -0.498. The van der Waals surface area contributed by atoms with Gasteiger partial charge in [-0.25, -0.2) is 4.98 Å². The fourth-order valence-corrected chi connectivity index (χ4v) is 4.24. The Hall–Kier alpha value is -2.89. The zero-order valence-electron chi connectivity index (χ0n) is 18.4. The minimum absolute atomic E-state index is 0. The summed E-state index contributed by atoms with van der Waals surface area (Å²) >= 11 is 0. The molecule has 0 radical (unpaired) electrons. The van der Waals surface area contributed by atoms with E-state index in [4.69, 9.17) is 10.5 Å². The van der Waals surface area contributed by atoms with Crippen molar-refractivity contribution >= 4 is 18.3 Å². The number of nitrogens with two attached hydrogens (primary N) is 1. The van der Waals surface area contributed by atoms with Gasteiger partial charge in [-0.3, -0.25) is 9.69 Å². The van der Waals surface area contributed by atoms with Crippen molar-refractivity contribution in [2.24, 2.45) is 5.73 Å². The number of primary amides is 1. The third-order valence-corrected chi connectivity index (χ3v) is 5.91. The SMILES string of the molecule is Cc1cc(CN2CCCCC(c3ccccc3)C2)ccc1Oc1ccc(C(N)=O)cn1.Cl. The Labute approximate surface area is 196 Å². The van der Waals surface area contributed by atoms with Crippen LogP contribution in [0.3, 0.4) is 0 Å². The summed E-state index contributed by atoms with van der Waals surface area (Å²) in [7, 11) is 0. The number of halogens is 1. The average Bonchev–Trinajstić information content (AvgIpc) is 3.02. The molecule has 2 heterocycles. The van der Waals surface area contributed by atoms with Gasteiger partial charge in [0.1, 0.15) is 5.75 Å². The number of aryl methyl sites for hydroxylation is 1. The molecule has 1 fully saturated rings. The summed E-state index contributed by atoms with van der Waals surface area (Å²) in [6.45, 7) is 5.22. The molecule has 1 saturated heterocycles. The van der Waals surface area contributed by atoms with Gasteiger partial charge in [-0.05, 0) is 61.1 Å². The first-order chi connectivity index (χ1) is 15.1. The first-order valence-corrected chi connectivity index (χ1v) is 10.9. The van der Waals surface area contributed by atoms with Gasteiger partial charge in [0.25, 0.3) is 0 Å². The number of benzene rings is 2. The van der Waals surface area contributed by atoms with Gasteiger partial charge in [0.05, 0.1) is 5.56 Å². The second-order valence-corrected chi connectivity index (χ2v) is 8.29. The average molecular weight is 452 g/mol. The van der Waals surface area contributed by atoms with Crippen molar-refractivity contribution in [3.8, 4) is 11.6 Å². The van der Waals surface area contributed by atoms with Gasteiger partial charge in [-0.2, -0.15) is 0 Å². The van der Waals surface area contributed by atoms with Gasteiger partial charge in [-0.15, -0.1) is 12.4 Å². The number of carbonyl (C=O) groups is 1. The van der Waals surface area contributed by atoms with Crippen LogP contribution in [0, 0.1) is 6.92 Å². The molecule has 1 atom stereocenters. The normalized spacial score (nSPS) is 16.6. The quantitative estimate of drug-likeness (QED) is 0.539. The number of hydrogen-bond donors (Lipinski definition) is 1. The van der Waals surface area contributed by atoms with Gasteiger partial charge >= 0.3 is 0 Å². The zero-order chi connectivity index (χ0) is 21.6. The summed E-state index contributed by atoms with van der Waals surface area (Å²) in [6, 6.07) is 20.5. The molecule has 0 spiro atoms. The van der Waals surface area contributed by atoms with E-state index in [1.807, 2.05) is 13.0 Å². The number of hydrogen-bond acceptors (Lipinski definition) is 4. The van der Waals surface area contributed by atoms with Crippen LogP contribution in [0.25, 0.3) is 0 Å². The Bertz CT molecular complexity index is 1030. The molecule has 1 aliphatic rings. The first-order valence-electron chi connectivity index (χ1n) is 10.9. The van der Waals surface area contributed by atoms with Crippen molar-refractivity contribution in [1.29, 1.82) is 0 Å². The lowest BCUT2D eigenvalue weighted by atomic mass is 9.94. The minimum Gasteiger partial charge on any atom is -0.439 e. The molecule has 0 aliphatic carbocycles. The lowest BCUT2D eigenvalue weighted by Crippen LogP contribution is -2.27. The highest BCUT2D eigenvalue weighted by Crippen LogP contribution is 2.29. The topological polar surface area (TPSA) is 68.5 Å². The van der Waals surface area contributed by atoms with Crippen LogP contribution in [0.1, 0.15) is 52.2 Å². The molecule has 5 nitrogen and oxygen atoms in total. The number of likely N-dealkylation sites (tertiary alicyclic amines) is 1. The Morgan fingerprint density at radius 1 is 1.12 bits per heavy atom. The Morgan fingerprint density at radius 2 is 1.94 bits per heavy atom. The van der Waals surface area contributed by atoms with Crippen LogP contribution in [0.2, 0.25) is 0 Å². The maximum Gasteiger partial charge on any atom is 0.250 e. The van der Waals surface area contributed by atoms with E-state index in [-0.39, 0.29) is 12.4 Å². The number of rotatable bonds is 6. The molecule has 1 unspecified atom stereocenters. The molecule has 1 aliphatic heterocycles. The van der Waals surface area contributed by atoms with E-state index in [1.165, 1.54) is 36.6 Å². The monoisotopic (exact) mass is 451 g/mol. The second-order valence-electron chi connectivity index (χ2n) is 8.29. The summed E-state index contributed by atoms with van der Waals surface area (Å²) in [5.74, 6) is 1.31. The molecule has 32 heavy (non-hydrogen) atoms. The molecule has 6 heteroatoms. The molecule has 2 N–H and O–H groups in total. The number of ether oxygens (including phenoxy) is 1. The standard InChI is InChI=1S/C26H29N3O2.ClH/c1-19-15-20(10-12-24(19)31-25-13-11-22(16-28-25)26(27)30)17-29-14-6-5-9-23(18-29)21-7-3-2-4-8-21;/h2-4,7-8,10-13,15-16,23H,5-6,9,14,17-18H2,1H3,(H2,27,30);1H. The molecule has 168 valence electrons. The van der Waals surface area contributed by atoms with Crippen molar-refractivity contribution in [3.05, 3.63) is 89.1 Å². The summed E-state index contributed by atoms with van der Waals surface area (Å²) < 4.78 is 5.91. The number of amides is 1. The van der Waals surface area contributed by atoms with Crippen molar-refractivity contribution < 1.29 is 9.53 Å². The third-order valence-electron chi connectivity index (χ3n) is 5.91. The Balaban J connectivity index is 0.00000289. The summed E-state index contributed by atoms with van der Waals surface area (Å²) in [6.07, 6.45) is 5.22. The molecule has 2 aromatic carbocycles. The zero-order valence-corrected chi connectivity index (χ0v) is 19.2. The highest BCUT2D eigenvalue weighted by atomic mass is 35.5. The summed E-state index contributed by atoms with van der Waals surface area (Å²) in [4.78, 5) is 17.9. The molecule has 0 bridgehead atoms. The second kappa shape index (κ2) is 11.1. The lowest BCUT2D eigenvalue weighted by molar-refractivity contribution is 0.1000. The van der Waals surface area contributed by atoms with E-state index in [0.717, 1.165) is 30.9 Å². The number of carbonyl (C=O) groups excluding carboxylic acids is 1. The maximum absolute atomic E-state index is 11.2. The largest absolute Gasteiger partial charge is 0.439 e. The number of nitrogens with zero attached hydrogens (tertiary/aromatic N) is 2. The molecule has 1 aromatic heterocycles. The molecule has 1 amide bonds. The van der Waals surface area contributed by atoms with Gasteiger partial charge in [-0.1, -0.05) is 48.9 Å². The molecule has 0 saturated carbocycles. The van der Waals surface area contributed by atoms with Crippen molar-refractivity contribution in [2.75, 3.05) is 13.1 Å². The van der Waals surface area contributed by atoms with E-state index in [2.05, 4.69) is 52.3 Å². The fraction of sp³-hybridized carbons (Fsp3) is 0.308. The number of aromatic nitrogens is 1. The van der Waals surface area contributed by atoms with Gasteiger partial charge in [0.2, 0.25) is 11.8 Å². The predicted molar refractivity (Wildman–Crippen MR) is 130 cm³/mol. The van der Waals surface area contributed by atoms with Crippen LogP contribution >= 0.6 is 12.4 Å². The van der Waals surface area contributed by atoms with Crippen LogP contribution in [-0.2, 0) is 6.54 Å². The Kier molecular flexibility index (Phi) is 8.26. The molecular weight excluding hydrogens is 422 g/mol. The van der Waals surface area contributed by atoms with E-state index in [0.29, 0.717) is 17.4 Å². The third kappa shape index (κ3) is 6.09. The van der Waals surface area contributed by atoms with Crippen LogP contribution in [0.5, 0.6) is 11.6 Å². The lowest BCUT2D eigenvalue weighted by Gasteiger charge is -2.25. The van der Waals surface area contributed by atoms with Gasteiger partial charge < -0.3 is 10.5 Å². The predicted octanol–water partition coefficient (Wildman–Crippen LogP) is 5.47. The van der Waals surface area contributed by atoms with Crippen LogP contribution in [0.4, 0.5) is 0 Å². The van der Waals surface area contributed by atoms with E-state index in [9.17, 15) is 4.79 Å². The molecular formula is C26H30ClN3O2. The molecule has 4 rings (SSSR count). The van der Waals surface area contributed by atoms with Crippen molar-refractivity contribution in [2.45, 2.75) is 38.6 Å². The summed E-state index contributed by atoms with van der Waals surface area (Å²) in [5.41, 5.74) is 9.43. The van der Waals surface area contributed by atoms with Crippen LogP contribution < -0.4 is 10.5 Å². The smallest absolute Gasteiger partial charge is 0.250 e. The molecule has 3 aromatic rings. The first kappa shape index (κ1) is 23.8. The van der Waals surface area contributed by atoms with Crippen LogP contribution in [0.15, 0.2) is 66.9 Å². The highest BCUT2D eigenvalue weighted by Gasteiger charge is 2.20. The van der Waals surface area contributed by atoms with Gasteiger partial charge in [0.15, 0.2) is 0 Å². The summed E-state index contributed by atoms with van der Waals surface area (Å²) in [5, 5.41) is 0. The van der Waals surface area contributed by atoms with Crippen molar-refractivity contribution in [1.82, 2.24) is 9.88 Å². The fourth-order valence-electron chi connectivity index (χ4n) is 4.24. The van der Waals surface area contributed by atoms with Crippen molar-refractivity contribution in [3.63, 3.8) is 0 Å². The highest BCUT2D eigenvalue weighted by molar-refractivity contribution is 5.92. The van der Waals surface area contributed by atoms with E-state index >= 15 is 0 Å².